The highest BCUT2D eigenvalue weighted by atomic mass is 35.5. The minimum atomic E-state index is -4.67. The van der Waals surface area contributed by atoms with Crippen LogP contribution < -0.4 is 0 Å². The zero-order valence-electron chi connectivity index (χ0n) is 12.1. The number of hydrogen-bond acceptors (Lipinski definition) is 4. The highest BCUT2D eigenvalue weighted by Crippen LogP contribution is 2.30. The van der Waals surface area contributed by atoms with E-state index in [0.29, 0.717) is 0 Å². The Morgan fingerprint density at radius 1 is 1.00 bits per heavy atom. The second-order valence-corrected chi connectivity index (χ2v) is 5.69. The van der Waals surface area contributed by atoms with Gasteiger partial charge in [-0.15, -0.1) is 0 Å². The summed E-state index contributed by atoms with van der Waals surface area (Å²) in [4.78, 5) is 11.5. The number of aromatic nitrogens is 5. The van der Waals surface area contributed by atoms with E-state index in [4.69, 9.17) is 23.2 Å². The van der Waals surface area contributed by atoms with Crippen LogP contribution in [0.25, 0.3) is 5.69 Å². The fraction of sp³-hybridized carbons (Fsp3) is 0.143. The number of pyridine rings is 1. The van der Waals surface area contributed by atoms with Gasteiger partial charge in [-0.25, -0.2) is 24.0 Å². The molecule has 0 amide bonds. The van der Waals surface area contributed by atoms with Crippen molar-refractivity contribution in [2.24, 2.45) is 0 Å². The molecule has 3 rings (SSSR count). The second-order valence-electron chi connectivity index (χ2n) is 4.89. The molecule has 25 heavy (non-hydrogen) atoms. The Bertz CT molecular complexity index is 909. The number of hydrogen-bond donors (Lipinski definition) is 0. The number of rotatable bonds is 3. The molecular weight excluding hydrogens is 385 g/mol. The molecule has 0 aromatic carbocycles. The van der Waals surface area contributed by atoms with E-state index < -0.39 is 22.8 Å². The van der Waals surface area contributed by atoms with E-state index in [1.54, 1.807) is 0 Å². The number of alkyl halides is 3. The van der Waals surface area contributed by atoms with Gasteiger partial charge in [-0.05, 0) is 6.07 Å². The molecule has 0 N–H and O–H groups in total. The maximum Gasteiger partial charge on any atom is 0.435 e. The number of nitrogens with zero attached hydrogens (tertiary/aromatic N) is 5. The zero-order valence-corrected chi connectivity index (χ0v) is 13.6. The van der Waals surface area contributed by atoms with Gasteiger partial charge in [0.25, 0.3) is 0 Å². The largest absolute Gasteiger partial charge is 0.435 e. The highest BCUT2D eigenvalue weighted by molar-refractivity contribution is 6.30. The van der Waals surface area contributed by atoms with Crippen LogP contribution in [0.3, 0.4) is 0 Å². The van der Waals surface area contributed by atoms with Crippen molar-refractivity contribution in [2.45, 2.75) is 12.6 Å². The van der Waals surface area contributed by atoms with Crippen molar-refractivity contribution in [1.29, 1.82) is 0 Å². The van der Waals surface area contributed by atoms with Crippen LogP contribution in [0.1, 0.15) is 17.2 Å². The Balaban J connectivity index is 2.07. The summed E-state index contributed by atoms with van der Waals surface area (Å²) in [7, 11) is 0. The minimum Gasteiger partial charge on any atom is -0.239 e. The van der Waals surface area contributed by atoms with Crippen molar-refractivity contribution in [2.75, 3.05) is 0 Å². The fourth-order valence-corrected chi connectivity index (χ4v) is 2.23. The maximum atomic E-state index is 13.6. The van der Waals surface area contributed by atoms with Crippen LogP contribution in [0.2, 0.25) is 10.2 Å². The molecule has 130 valence electrons. The molecule has 0 saturated carbocycles. The lowest BCUT2D eigenvalue weighted by Gasteiger charge is -2.07. The number of halogens is 6. The van der Waals surface area contributed by atoms with E-state index in [9.17, 15) is 17.6 Å². The summed E-state index contributed by atoms with van der Waals surface area (Å²) < 4.78 is 53.5. The molecule has 0 atom stereocenters. The van der Waals surface area contributed by atoms with Crippen molar-refractivity contribution in [3.8, 4) is 5.69 Å². The van der Waals surface area contributed by atoms with E-state index in [0.717, 1.165) is 23.0 Å². The molecule has 0 aliphatic rings. The van der Waals surface area contributed by atoms with Crippen LogP contribution in [0.5, 0.6) is 0 Å². The molecule has 0 bridgehead atoms. The molecule has 0 aliphatic carbocycles. The van der Waals surface area contributed by atoms with Gasteiger partial charge in [0.15, 0.2) is 16.7 Å². The topological polar surface area (TPSA) is 56.5 Å². The van der Waals surface area contributed by atoms with Gasteiger partial charge in [0.1, 0.15) is 5.82 Å². The van der Waals surface area contributed by atoms with Gasteiger partial charge in [0.05, 0.1) is 29.0 Å². The van der Waals surface area contributed by atoms with Crippen LogP contribution in [-0.2, 0) is 12.6 Å². The normalized spacial score (nSPS) is 11.8. The van der Waals surface area contributed by atoms with E-state index >= 15 is 0 Å². The third-order valence-electron chi connectivity index (χ3n) is 3.11. The highest BCUT2D eigenvalue weighted by Gasteiger charge is 2.35. The Kier molecular flexibility index (Phi) is 4.61. The summed E-state index contributed by atoms with van der Waals surface area (Å²) in [6.07, 6.45) is -0.994. The van der Waals surface area contributed by atoms with Crippen LogP contribution in [-0.4, -0.2) is 24.7 Å². The quantitative estimate of drug-likeness (QED) is 0.497. The summed E-state index contributed by atoms with van der Waals surface area (Å²) in [5.74, 6) is -0.654. The molecule has 0 unspecified atom stereocenters. The van der Waals surface area contributed by atoms with Gasteiger partial charge < -0.3 is 0 Å². The Labute approximate surface area is 148 Å². The first-order valence-corrected chi connectivity index (χ1v) is 7.43. The summed E-state index contributed by atoms with van der Waals surface area (Å²) in [5.41, 5.74) is -1.05. The monoisotopic (exact) mass is 391 g/mol. The van der Waals surface area contributed by atoms with E-state index in [1.807, 2.05) is 0 Å². The first-order chi connectivity index (χ1) is 11.7. The summed E-state index contributed by atoms with van der Waals surface area (Å²) in [6.45, 7) is 0. The van der Waals surface area contributed by atoms with Crippen molar-refractivity contribution in [3.63, 3.8) is 0 Å². The molecule has 0 radical (unpaired) electrons. The molecule has 11 heteroatoms. The smallest absolute Gasteiger partial charge is 0.239 e. The van der Waals surface area contributed by atoms with Crippen molar-refractivity contribution >= 4 is 23.2 Å². The molecule has 0 fully saturated rings. The average molecular weight is 392 g/mol. The fourth-order valence-electron chi connectivity index (χ4n) is 2.03. The Morgan fingerprint density at radius 2 is 1.68 bits per heavy atom. The van der Waals surface area contributed by atoms with E-state index in [1.165, 1.54) is 12.4 Å². The average Bonchev–Trinajstić information content (AvgIpc) is 2.96. The lowest BCUT2D eigenvalue weighted by Crippen LogP contribution is -2.08. The summed E-state index contributed by atoms with van der Waals surface area (Å²) >= 11 is 11.2. The summed E-state index contributed by atoms with van der Waals surface area (Å²) in [6, 6.07) is 1.78. The van der Waals surface area contributed by atoms with Crippen LogP contribution in [0.4, 0.5) is 17.6 Å². The molecule has 5 nitrogen and oxygen atoms in total. The zero-order chi connectivity index (χ0) is 18.2. The molecule has 3 aromatic heterocycles. The van der Waals surface area contributed by atoms with E-state index in [2.05, 4.69) is 20.1 Å². The van der Waals surface area contributed by atoms with Crippen LogP contribution >= 0.6 is 23.2 Å². The third kappa shape index (κ3) is 3.88. The maximum absolute atomic E-state index is 13.6. The lowest BCUT2D eigenvalue weighted by molar-refractivity contribution is -0.141. The van der Waals surface area contributed by atoms with Gasteiger partial charge in [-0.3, -0.25) is 0 Å². The van der Waals surface area contributed by atoms with Crippen LogP contribution in [0.15, 0.2) is 30.7 Å². The first kappa shape index (κ1) is 17.6. The second kappa shape index (κ2) is 6.57. The molecule has 3 heterocycles. The molecule has 0 saturated heterocycles. The van der Waals surface area contributed by atoms with Gasteiger partial charge in [-0.2, -0.15) is 18.3 Å². The van der Waals surface area contributed by atoms with Crippen LogP contribution in [0, 0.1) is 5.82 Å². The summed E-state index contributed by atoms with van der Waals surface area (Å²) in [5, 5.41) is 3.39. The van der Waals surface area contributed by atoms with Gasteiger partial charge in [-0.1, -0.05) is 23.2 Å². The van der Waals surface area contributed by atoms with E-state index in [-0.39, 0.29) is 28.6 Å². The first-order valence-electron chi connectivity index (χ1n) is 6.68. The Hall–Kier alpha value is -2.26. The predicted octanol–water partition coefficient (Wildman–Crippen LogP) is 4.11. The molecule has 3 aromatic rings. The predicted molar refractivity (Wildman–Crippen MR) is 81.2 cm³/mol. The van der Waals surface area contributed by atoms with Gasteiger partial charge in [0, 0.05) is 18.5 Å². The van der Waals surface area contributed by atoms with Gasteiger partial charge >= 0.3 is 6.18 Å². The molecule has 0 spiro atoms. The van der Waals surface area contributed by atoms with Crippen molar-refractivity contribution < 1.29 is 17.6 Å². The molecular formula is C14H7Cl2F4N5. The van der Waals surface area contributed by atoms with Crippen molar-refractivity contribution in [3.05, 3.63) is 63.9 Å². The third-order valence-corrected chi connectivity index (χ3v) is 3.59. The van der Waals surface area contributed by atoms with Crippen molar-refractivity contribution in [1.82, 2.24) is 24.7 Å². The van der Waals surface area contributed by atoms with Gasteiger partial charge in [0.2, 0.25) is 0 Å². The molecule has 0 aliphatic heterocycles. The standard InChI is InChI=1S/C14H7Cl2F4N5/c15-7-4-21-12(22-5-7)3-8-2-11(14(18,19)20)24-25(8)9-1-10(17)13(16)23-6-9/h1-2,4-6H,3H2. The minimum absolute atomic E-state index is 0.0126. The lowest BCUT2D eigenvalue weighted by atomic mass is 10.2. The Morgan fingerprint density at radius 3 is 2.28 bits per heavy atom. The SMILES string of the molecule is Fc1cc(-n2nc(C(F)(F)F)cc2Cc2ncc(Cl)cn2)cnc1Cl.